The number of ether oxygens (including phenoxy) is 2. The fraction of sp³-hybridized carbons (Fsp3) is 0.538. The van der Waals surface area contributed by atoms with Gasteiger partial charge < -0.3 is 14.4 Å². The Morgan fingerprint density at radius 1 is 1.09 bits per heavy atom. The second kappa shape index (κ2) is 10.9. The first-order valence-electron chi connectivity index (χ1n) is 11.8. The van der Waals surface area contributed by atoms with E-state index in [1.54, 1.807) is 7.11 Å². The number of pyridine rings is 1. The second-order valence-corrected chi connectivity index (χ2v) is 8.90. The van der Waals surface area contributed by atoms with Gasteiger partial charge in [-0.1, -0.05) is 18.6 Å². The van der Waals surface area contributed by atoms with Gasteiger partial charge in [0.2, 0.25) is 0 Å². The lowest BCUT2D eigenvalue weighted by Gasteiger charge is -2.41. The first-order valence-corrected chi connectivity index (χ1v) is 11.8. The SMILES string of the molecule is CO[C@H]1CCCN2C(=O)c3ccccc3OCCN(Cc3ccncc3C)CCCC[C@@H]12. The quantitative estimate of drug-likeness (QED) is 0.724. The Balaban J connectivity index is 1.56. The van der Waals surface area contributed by atoms with Crippen LogP contribution in [0.4, 0.5) is 0 Å². The molecule has 4 rings (SSSR count). The number of para-hydroxylation sites is 1. The maximum Gasteiger partial charge on any atom is 0.257 e. The average molecular weight is 438 g/mol. The van der Waals surface area contributed by atoms with Crippen molar-refractivity contribution in [1.29, 1.82) is 0 Å². The molecule has 6 heteroatoms. The van der Waals surface area contributed by atoms with Crippen LogP contribution < -0.4 is 4.74 Å². The summed E-state index contributed by atoms with van der Waals surface area (Å²) >= 11 is 0. The van der Waals surface area contributed by atoms with Crippen LogP contribution in [0.5, 0.6) is 5.75 Å². The Morgan fingerprint density at radius 3 is 2.81 bits per heavy atom. The molecule has 1 aromatic heterocycles. The number of nitrogens with zero attached hydrogens (tertiary/aromatic N) is 3. The minimum absolute atomic E-state index is 0.0656. The highest BCUT2D eigenvalue weighted by atomic mass is 16.5. The molecule has 1 aromatic carbocycles. The zero-order valence-electron chi connectivity index (χ0n) is 19.3. The molecule has 0 bridgehead atoms. The lowest BCUT2D eigenvalue weighted by molar-refractivity contribution is -0.0155. The molecule has 1 amide bonds. The van der Waals surface area contributed by atoms with Crippen LogP contribution in [0, 0.1) is 6.92 Å². The molecule has 0 saturated carbocycles. The summed E-state index contributed by atoms with van der Waals surface area (Å²) in [6.07, 6.45) is 9.01. The Morgan fingerprint density at radius 2 is 1.97 bits per heavy atom. The van der Waals surface area contributed by atoms with E-state index in [1.165, 1.54) is 11.1 Å². The highest BCUT2D eigenvalue weighted by Crippen LogP contribution is 2.29. The zero-order chi connectivity index (χ0) is 22.3. The van der Waals surface area contributed by atoms with E-state index >= 15 is 0 Å². The van der Waals surface area contributed by atoms with Crippen molar-refractivity contribution in [3.05, 3.63) is 59.4 Å². The van der Waals surface area contributed by atoms with Gasteiger partial charge in [-0.15, -0.1) is 0 Å². The summed E-state index contributed by atoms with van der Waals surface area (Å²) in [6.45, 7) is 6.16. The third-order valence-electron chi connectivity index (χ3n) is 6.82. The third kappa shape index (κ3) is 5.30. The molecule has 2 aliphatic rings. The maximum absolute atomic E-state index is 13.6. The van der Waals surface area contributed by atoms with Crippen LogP contribution in [-0.4, -0.2) is 66.2 Å². The number of aryl methyl sites for hydroxylation is 1. The molecule has 0 unspecified atom stereocenters. The summed E-state index contributed by atoms with van der Waals surface area (Å²) in [4.78, 5) is 22.3. The van der Waals surface area contributed by atoms with Crippen LogP contribution in [0.2, 0.25) is 0 Å². The number of carbonyl (C=O) groups is 1. The smallest absolute Gasteiger partial charge is 0.257 e. The van der Waals surface area contributed by atoms with Crippen LogP contribution in [0.3, 0.4) is 0 Å². The van der Waals surface area contributed by atoms with Crippen LogP contribution in [0.1, 0.15) is 53.6 Å². The van der Waals surface area contributed by atoms with Crippen molar-refractivity contribution < 1.29 is 14.3 Å². The second-order valence-electron chi connectivity index (χ2n) is 8.90. The van der Waals surface area contributed by atoms with Gasteiger partial charge in [0.25, 0.3) is 5.91 Å². The number of rotatable bonds is 3. The number of fused-ring (bicyclic) bond motifs is 2. The first-order chi connectivity index (χ1) is 15.7. The maximum atomic E-state index is 13.6. The Hall–Kier alpha value is -2.44. The van der Waals surface area contributed by atoms with Crippen molar-refractivity contribution in [2.75, 3.05) is 33.4 Å². The molecule has 2 aromatic rings. The van der Waals surface area contributed by atoms with Crippen molar-refractivity contribution in [3.63, 3.8) is 0 Å². The number of carbonyl (C=O) groups excluding carboxylic acids is 1. The van der Waals surface area contributed by atoms with Crippen molar-refractivity contribution in [2.45, 2.75) is 57.7 Å². The summed E-state index contributed by atoms with van der Waals surface area (Å²) < 4.78 is 12.0. The number of piperidine rings is 1. The Kier molecular flexibility index (Phi) is 7.76. The fourth-order valence-electron chi connectivity index (χ4n) is 4.98. The predicted octanol–water partition coefficient (Wildman–Crippen LogP) is 4.07. The van der Waals surface area contributed by atoms with Crippen molar-refractivity contribution in [2.24, 2.45) is 0 Å². The van der Waals surface area contributed by atoms with E-state index in [-0.39, 0.29) is 18.1 Å². The predicted molar refractivity (Wildman–Crippen MR) is 125 cm³/mol. The average Bonchev–Trinajstić information content (AvgIpc) is 2.83. The van der Waals surface area contributed by atoms with Crippen LogP contribution in [0.25, 0.3) is 0 Å². The minimum atomic E-state index is 0.0656. The number of methoxy groups -OCH3 is 1. The van der Waals surface area contributed by atoms with Crippen LogP contribution in [-0.2, 0) is 11.3 Å². The number of aromatic nitrogens is 1. The standard InChI is InChI=1S/C26H35N3O3/c1-20-18-27-13-12-21(20)19-28-14-6-5-9-23-25(31-2)11-7-15-29(23)26(30)22-8-3-4-10-24(22)32-17-16-28/h3-4,8,10,12-13,18,23,25H,5-7,9,11,14-17,19H2,1-2H3/t23-,25-/m0/s1. The van der Waals surface area contributed by atoms with Gasteiger partial charge in [-0.3, -0.25) is 14.7 Å². The summed E-state index contributed by atoms with van der Waals surface area (Å²) in [5.41, 5.74) is 3.18. The summed E-state index contributed by atoms with van der Waals surface area (Å²) in [7, 11) is 1.77. The molecule has 0 spiro atoms. The minimum Gasteiger partial charge on any atom is -0.491 e. The van der Waals surface area contributed by atoms with E-state index in [9.17, 15) is 4.79 Å². The summed E-state index contributed by atoms with van der Waals surface area (Å²) in [5.74, 6) is 0.742. The number of benzene rings is 1. The number of hydrogen-bond acceptors (Lipinski definition) is 5. The first kappa shape index (κ1) is 22.7. The molecule has 0 aliphatic carbocycles. The van der Waals surface area contributed by atoms with Crippen molar-refractivity contribution >= 4 is 5.91 Å². The van der Waals surface area contributed by atoms with Gasteiger partial charge in [0.15, 0.2) is 0 Å². The molecule has 6 nitrogen and oxygen atoms in total. The topological polar surface area (TPSA) is 54.9 Å². The molecule has 3 heterocycles. The van der Waals surface area contributed by atoms with E-state index < -0.39 is 0 Å². The van der Waals surface area contributed by atoms with Gasteiger partial charge in [0, 0.05) is 39.1 Å². The van der Waals surface area contributed by atoms with E-state index in [4.69, 9.17) is 9.47 Å². The largest absolute Gasteiger partial charge is 0.491 e. The third-order valence-corrected chi connectivity index (χ3v) is 6.82. The molecular formula is C26H35N3O3. The molecule has 32 heavy (non-hydrogen) atoms. The van der Waals surface area contributed by atoms with Gasteiger partial charge in [0.1, 0.15) is 12.4 Å². The van der Waals surface area contributed by atoms with Gasteiger partial charge in [-0.2, -0.15) is 0 Å². The zero-order valence-corrected chi connectivity index (χ0v) is 19.3. The molecule has 1 saturated heterocycles. The van der Waals surface area contributed by atoms with Gasteiger partial charge in [-0.05, 0) is 68.5 Å². The molecule has 172 valence electrons. The van der Waals surface area contributed by atoms with E-state index in [1.807, 2.05) is 41.6 Å². The lowest BCUT2D eigenvalue weighted by atomic mass is 9.93. The molecular weight excluding hydrogens is 402 g/mol. The van der Waals surface area contributed by atoms with E-state index in [0.717, 1.165) is 58.3 Å². The molecule has 0 radical (unpaired) electrons. The van der Waals surface area contributed by atoms with Crippen molar-refractivity contribution in [1.82, 2.24) is 14.8 Å². The number of hydrogen-bond donors (Lipinski definition) is 0. The monoisotopic (exact) mass is 437 g/mol. The summed E-state index contributed by atoms with van der Waals surface area (Å²) in [5, 5.41) is 0. The normalized spacial score (nSPS) is 23.2. The lowest BCUT2D eigenvalue weighted by Crippen LogP contribution is -2.51. The number of amides is 1. The summed E-state index contributed by atoms with van der Waals surface area (Å²) in [6, 6.07) is 9.89. The molecule has 0 N–H and O–H groups in total. The van der Waals surface area contributed by atoms with E-state index in [2.05, 4.69) is 22.9 Å². The van der Waals surface area contributed by atoms with E-state index in [0.29, 0.717) is 17.9 Å². The molecule has 2 atom stereocenters. The highest BCUT2D eigenvalue weighted by Gasteiger charge is 2.35. The van der Waals surface area contributed by atoms with Gasteiger partial charge >= 0.3 is 0 Å². The Bertz CT molecular complexity index is 903. The van der Waals surface area contributed by atoms with Crippen molar-refractivity contribution in [3.8, 4) is 5.75 Å². The van der Waals surface area contributed by atoms with Crippen LogP contribution in [0.15, 0.2) is 42.7 Å². The highest BCUT2D eigenvalue weighted by molar-refractivity contribution is 5.97. The van der Waals surface area contributed by atoms with Crippen LogP contribution >= 0.6 is 0 Å². The Labute approximate surface area is 191 Å². The molecule has 2 aliphatic heterocycles. The fourth-order valence-corrected chi connectivity index (χ4v) is 4.98. The molecule has 1 fully saturated rings. The van der Waals surface area contributed by atoms with Gasteiger partial charge in [-0.25, -0.2) is 0 Å². The van der Waals surface area contributed by atoms with Gasteiger partial charge in [0.05, 0.1) is 17.7 Å².